The van der Waals surface area contributed by atoms with E-state index in [1.54, 1.807) is 18.5 Å². The highest BCUT2D eigenvalue weighted by molar-refractivity contribution is 5.81. The van der Waals surface area contributed by atoms with E-state index in [1.165, 1.54) is 0 Å². The Balaban J connectivity index is 1.43. The summed E-state index contributed by atoms with van der Waals surface area (Å²) >= 11 is 0. The maximum atomic E-state index is 12.5. The molecular weight excluding hydrogens is 368 g/mol. The summed E-state index contributed by atoms with van der Waals surface area (Å²) in [5.74, 6) is 3.06. The minimum atomic E-state index is 0.137. The van der Waals surface area contributed by atoms with Gasteiger partial charge in [0.05, 0.1) is 0 Å². The van der Waals surface area contributed by atoms with Gasteiger partial charge in [-0.25, -0.2) is 0 Å². The van der Waals surface area contributed by atoms with Crippen LogP contribution < -0.4 is 9.47 Å². The zero-order chi connectivity index (χ0) is 20.1. The van der Waals surface area contributed by atoms with Crippen LogP contribution in [0.25, 0.3) is 11.4 Å². The number of rotatable bonds is 8. The van der Waals surface area contributed by atoms with E-state index < -0.39 is 0 Å². The average molecular weight is 390 g/mol. The third kappa shape index (κ3) is 4.34. The normalized spacial score (nSPS) is 12.6. The van der Waals surface area contributed by atoms with E-state index in [0.717, 1.165) is 28.5 Å². The van der Waals surface area contributed by atoms with E-state index in [-0.39, 0.29) is 5.78 Å². The Bertz CT molecular complexity index is 1010. The predicted molar refractivity (Wildman–Crippen MR) is 108 cm³/mol. The number of ether oxygens (including phenoxy) is 2. The molecule has 0 spiro atoms. The molecular formula is C22H22N4O3. The Kier molecular flexibility index (Phi) is 5.65. The Hall–Kier alpha value is -3.48. The van der Waals surface area contributed by atoms with Gasteiger partial charge in [0.1, 0.15) is 24.8 Å². The number of aromatic nitrogens is 4. The monoisotopic (exact) mass is 390 g/mol. The topological polar surface area (TPSA) is 79.1 Å². The van der Waals surface area contributed by atoms with Crippen LogP contribution in [0.2, 0.25) is 0 Å². The highest BCUT2D eigenvalue weighted by Gasteiger charge is 2.16. The van der Waals surface area contributed by atoms with Crippen LogP contribution in [0.5, 0.6) is 11.5 Å². The molecule has 1 aliphatic heterocycles. The lowest BCUT2D eigenvalue weighted by molar-refractivity contribution is -0.118. The number of hydrogen-bond donors (Lipinski definition) is 0. The summed E-state index contributed by atoms with van der Waals surface area (Å²) < 4.78 is 13.1. The van der Waals surface area contributed by atoms with Crippen molar-refractivity contribution >= 4 is 5.78 Å². The fourth-order valence-electron chi connectivity index (χ4n) is 3.31. The minimum absolute atomic E-state index is 0.137. The van der Waals surface area contributed by atoms with Crippen molar-refractivity contribution in [2.24, 2.45) is 0 Å². The second-order valence-electron chi connectivity index (χ2n) is 6.77. The van der Waals surface area contributed by atoms with Crippen molar-refractivity contribution < 1.29 is 14.3 Å². The number of nitrogens with zero attached hydrogens (tertiary/aromatic N) is 4. The summed E-state index contributed by atoms with van der Waals surface area (Å²) in [6, 6.07) is 9.45. The standard InChI is InChI=1S/C22H22N4O3/c1-2-10-26-21(24-25-22(26)17-4-3-9-23-15-17)8-6-18(27)13-16-5-7-19-20(14-16)29-12-11-28-19/h2-5,7,9,14-15H,1,6,8,10-13H2. The van der Waals surface area contributed by atoms with Crippen molar-refractivity contribution in [3.8, 4) is 22.9 Å². The molecule has 29 heavy (non-hydrogen) atoms. The predicted octanol–water partition coefficient (Wildman–Crippen LogP) is 3.04. The molecule has 3 aromatic rings. The molecule has 0 bridgehead atoms. The third-order valence-electron chi connectivity index (χ3n) is 4.69. The zero-order valence-corrected chi connectivity index (χ0v) is 16.1. The minimum Gasteiger partial charge on any atom is -0.486 e. The summed E-state index contributed by atoms with van der Waals surface area (Å²) in [7, 11) is 0. The SMILES string of the molecule is C=CCn1c(CCC(=O)Cc2ccc3c(c2)OCCO3)nnc1-c1cccnc1. The van der Waals surface area contributed by atoms with Crippen molar-refractivity contribution in [1.82, 2.24) is 19.7 Å². The van der Waals surface area contributed by atoms with Gasteiger partial charge in [-0.1, -0.05) is 12.1 Å². The van der Waals surface area contributed by atoms with Gasteiger partial charge in [0, 0.05) is 43.8 Å². The first-order chi connectivity index (χ1) is 14.2. The average Bonchev–Trinajstić information content (AvgIpc) is 3.16. The number of allylic oxidation sites excluding steroid dienone is 1. The molecule has 7 heteroatoms. The van der Waals surface area contributed by atoms with E-state index >= 15 is 0 Å². The molecule has 0 saturated heterocycles. The number of carbonyl (C=O) groups is 1. The van der Waals surface area contributed by atoms with Crippen molar-refractivity contribution in [3.63, 3.8) is 0 Å². The Morgan fingerprint density at radius 2 is 2.03 bits per heavy atom. The third-order valence-corrected chi connectivity index (χ3v) is 4.69. The molecule has 1 aliphatic rings. The van der Waals surface area contributed by atoms with Gasteiger partial charge in [-0.05, 0) is 29.8 Å². The van der Waals surface area contributed by atoms with Gasteiger partial charge >= 0.3 is 0 Å². The highest BCUT2D eigenvalue weighted by Crippen LogP contribution is 2.31. The smallest absolute Gasteiger partial charge is 0.165 e. The van der Waals surface area contributed by atoms with Crippen LogP contribution in [-0.2, 0) is 24.2 Å². The molecule has 0 amide bonds. The molecule has 148 valence electrons. The number of pyridine rings is 1. The van der Waals surface area contributed by atoms with Gasteiger partial charge in [-0.2, -0.15) is 0 Å². The highest BCUT2D eigenvalue weighted by atomic mass is 16.6. The first kappa shape index (κ1) is 18.9. The maximum absolute atomic E-state index is 12.5. The lowest BCUT2D eigenvalue weighted by atomic mass is 10.0. The van der Waals surface area contributed by atoms with Crippen LogP contribution in [0.1, 0.15) is 17.8 Å². The van der Waals surface area contributed by atoms with Crippen LogP contribution >= 0.6 is 0 Å². The van der Waals surface area contributed by atoms with Crippen molar-refractivity contribution in [2.75, 3.05) is 13.2 Å². The second-order valence-corrected chi connectivity index (χ2v) is 6.77. The molecule has 1 aromatic carbocycles. The lowest BCUT2D eigenvalue weighted by Gasteiger charge is -2.18. The van der Waals surface area contributed by atoms with E-state index in [4.69, 9.17) is 9.47 Å². The molecule has 3 heterocycles. The van der Waals surface area contributed by atoms with E-state index in [1.807, 2.05) is 34.9 Å². The Morgan fingerprint density at radius 1 is 1.17 bits per heavy atom. The molecule has 0 aliphatic carbocycles. The van der Waals surface area contributed by atoms with Crippen molar-refractivity contribution in [2.45, 2.75) is 25.8 Å². The first-order valence-corrected chi connectivity index (χ1v) is 9.58. The molecule has 2 aromatic heterocycles. The van der Waals surface area contributed by atoms with Crippen molar-refractivity contribution in [1.29, 1.82) is 0 Å². The zero-order valence-electron chi connectivity index (χ0n) is 16.1. The molecule has 0 saturated carbocycles. The molecule has 0 unspecified atom stereocenters. The van der Waals surface area contributed by atoms with Crippen molar-refractivity contribution in [3.05, 3.63) is 66.8 Å². The largest absolute Gasteiger partial charge is 0.486 e. The number of aryl methyl sites for hydroxylation is 1. The Morgan fingerprint density at radius 3 is 2.83 bits per heavy atom. The summed E-state index contributed by atoms with van der Waals surface area (Å²) in [6.07, 6.45) is 6.52. The van der Waals surface area contributed by atoms with E-state index in [2.05, 4.69) is 21.8 Å². The Labute approximate surface area is 169 Å². The van der Waals surface area contributed by atoms with Crippen LogP contribution in [0.15, 0.2) is 55.4 Å². The fraction of sp³-hybridized carbons (Fsp3) is 0.273. The van der Waals surface area contributed by atoms with Crippen LogP contribution in [0.4, 0.5) is 0 Å². The van der Waals surface area contributed by atoms with E-state index in [0.29, 0.717) is 44.8 Å². The number of hydrogen-bond acceptors (Lipinski definition) is 6. The molecule has 7 nitrogen and oxygen atoms in total. The van der Waals surface area contributed by atoms with Crippen LogP contribution in [0.3, 0.4) is 0 Å². The molecule has 4 rings (SSSR count). The van der Waals surface area contributed by atoms with Gasteiger partial charge in [-0.15, -0.1) is 16.8 Å². The van der Waals surface area contributed by atoms with Gasteiger partial charge in [0.2, 0.25) is 0 Å². The molecule has 0 radical (unpaired) electrons. The summed E-state index contributed by atoms with van der Waals surface area (Å²) in [5, 5.41) is 8.60. The fourth-order valence-corrected chi connectivity index (χ4v) is 3.31. The van der Waals surface area contributed by atoms with Gasteiger partial charge in [0.25, 0.3) is 0 Å². The summed E-state index contributed by atoms with van der Waals surface area (Å²) in [5.41, 5.74) is 1.80. The molecule has 0 fully saturated rings. The summed E-state index contributed by atoms with van der Waals surface area (Å²) in [6.45, 7) is 5.47. The quantitative estimate of drug-likeness (QED) is 0.550. The van der Waals surface area contributed by atoms with Gasteiger partial charge < -0.3 is 14.0 Å². The molecule has 0 N–H and O–H groups in total. The lowest BCUT2D eigenvalue weighted by Crippen LogP contribution is -2.15. The number of carbonyl (C=O) groups excluding carboxylic acids is 1. The maximum Gasteiger partial charge on any atom is 0.165 e. The number of benzene rings is 1. The van der Waals surface area contributed by atoms with Gasteiger partial charge in [0.15, 0.2) is 17.3 Å². The number of fused-ring (bicyclic) bond motifs is 1. The van der Waals surface area contributed by atoms with Crippen LogP contribution in [-0.4, -0.2) is 38.7 Å². The number of ketones is 1. The van der Waals surface area contributed by atoms with E-state index in [9.17, 15) is 4.79 Å². The van der Waals surface area contributed by atoms with Gasteiger partial charge in [-0.3, -0.25) is 9.78 Å². The number of Topliss-reactive ketones (excluding diaryl/α,β-unsaturated/α-hetero) is 1. The summed E-state index contributed by atoms with van der Waals surface area (Å²) in [4.78, 5) is 16.7. The van der Waals surface area contributed by atoms with Crippen LogP contribution in [0, 0.1) is 0 Å². The second kappa shape index (κ2) is 8.68. The first-order valence-electron chi connectivity index (χ1n) is 9.58. The molecule has 0 atom stereocenters.